The Labute approximate surface area is 69.8 Å². The molecule has 0 unspecified atom stereocenters. The molecule has 0 spiro atoms. The number of hydrogen-bond acceptors (Lipinski definition) is 3. The first-order valence-corrected chi connectivity index (χ1v) is 4.65. The molecule has 2 heterocycles. The molecule has 1 aliphatic rings. The van der Waals surface area contributed by atoms with Crippen LogP contribution in [0.2, 0.25) is 0 Å². The molecule has 1 aromatic rings. The normalized spacial score (nSPS) is 15.0. The summed E-state index contributed by atoms with van der Waals surface area (Å²) in [7, 11) is 0. The van der Waals surface area contributed by atoms with Crippen LogP contribution in [0.1, 0.15) is 12.5 Å². The first-order valence-electron chi connectivity index (χ1n) is 3.77. The molecule has 1 aromatic heterocycles. The van der Waals surface area contributed by atoms with Crippen molar-refractivity contribution in [3.8, 4) is 10.8 Å². The zero-order chi connectivity index (χ0) is 7.68. The molecular formula is C8H10O2S. The minimum atomic E-state index is 0.691. The maximum Gasteiger partial charge on any atom is 0.217 e. The summed E-state index contributed by atoms with van der Waals surface area (Å²) in [5.74, 6) is 0.976. The summed E-state index contributed by atoms with van der Waals surface area (Å²) >= 11 is 1.63. The molecule has 0 radical (unpaired) electrons. The van der Waals surface area contributed by atoms with Crippen LogP contribution < -0.4 is 9.47 Å². The molecule has 0 saturated carbocycles. The third kappa shape index (κ3) is 1.09. The number of ether oxygens (including phenoxy) is 2. The SMILES string of the molecule is CCc1csc2c1OCCO2. The molecule has 0 atom stereocenters. The Hall–Kier alpha value is -0.700. The summed E-state index contributed by atoms with van der Waals surface area (Å²) in [6.45, 7) is 3.51. The molecule has 0 aliphatic carbocycles. The molecule has 11 heavy (non-hydrogen) atoms. The van der Waals surface area contributed by atoms with Crippen molar-refractivity contribution in [2.24, 2.45) is 0 Å². The highest BCUT2D eigenvalue weighted by Gasteiger charge is 2.16. The molecule has 0 bridgehead atoms. The molecule has 0 fully saturated rings. The van der Waals surface area contributed by atoms with E-state index in [9.17, 15) is 0 Å². The van der Waals surface area contributed by atoms with Gasteiger partial charge in [0.25, 0.3) is 0 Å². The van der Waals surface area contributed by atoms with Gasteiger partial charge in [-0.15, -0.1) is 11.3 Å². The van der Waals surface area contributed by atoms with Gasteiger partial charge in [0, 0.05) is 10.9 Å². The number of aryl methyl sites for hydroxylation is 1. The Morgan fingerprint density at radius 1 is 1.45 bits per heavy atom. The summed E-state index contributed by atoms with van der Waals surface area (Å²) in [5, 5.41) is 3.06. The van der Waals surface area contributed by atoms with Gasteiger partial charge in [-0.1, -0.05) is 6.92 Å². The van der Waals surface area contributed by atoms with Gasteiger partial charge in [0.2, 0.25) is 5.06 Å². The highest BCUT2D eigenvalue weighted by molar-refractivity contribution is 7.12. The van der Waals surface area contributed by atoms with E-state index in [-0.39, 0.29) is 0 Å². The van der Waals surface area contributed by atoms with E-state index in [1.807, 2.05) is 0 Å². The second-order valence-electron chi connectivity index (χ2n) is 2.43. The Bertz CT molecular complexity index is 241. The molecule has 60 valence electrons. The first-order chi connectivity index (χ1) is 5.42. The van der Waals surface area contributed by atoms with Crippen molar-refractivity contribution in [3.05, 3.63) is 10.9 Å². The van der Waals surface area contributed by atoms with Crippen LogP contribution in [0.15, 0.2) is 5.38 Å². The predicted octanol–water partition coefficient (Wildman–Crippen LogP) is 2.08. The van der Waals surface area contributed by atoms with Gasteiger partial charge in [-0.2, -0.15) is 0 Å². The fraction of sp³-hybridized carbons (Fsp3) is 0.500. The smallest absolute Gasteiger partial charge is 0.217 e. The fourth-order valence-corrected chi connectivity index (χ4v) is 2.11. The van der Waals surface area contributed by atoms with Crippen LogP contribution in [0.4, 0.5) is 0 Å². The topological polar surface area (TPSA) is 18.5 Å². The Balaban J connectivity index is 2.38. The lowest BCUT2D eigenvalue weighted by Crippen LogP contribution is -2.14. The second kappa shape index (κ2) is 2.74. The molecule has 3 heteroatoms. The minimum absolute atomic E-state index is 0.691. The summed E-state index contributed by atoms with van der Waals surface area (Å²) in [6.07, 6.45) is 1.02. The average Bonchev–Trinajstić information content (AvgIpc) is 2.47. The van der Waals surface area contributed by atoms with Crippen molar-refractivity contribution in [2.75, 3.05) is 13.2 Å². The molecule has 2 rings (SSSR count). The molecular weight excluding hydrogens is 160 g/mol. The average molecular weight is 170 g/mol. The van der Waals surface area contributed by atoms with Crippen molar-refractivity contribution >= 4 is 11.3 Å². The van der Waals surface area contributed by atoms with Gasteiger partial charge in [-0.05, 0) is 6.42 Å². The standard InChI is InChI=1S/C8H10O2S/c1-2-6-5-11-8-7(6)9-3-4-10-8/h5H,2-4H2,1H3. The van der Waals surface area contributed by atoms with E-state index >= 15 is 0 Å². The van der Waals surface area contributed by atoms with Crippen LogP contribution >= 0.6 is 11.3 Å². The predicted molar refractivity (Wildman–Crippen MR) is 44.7 cm³/mol. The van der Waals surface area contributed by atoms with Crippen molar-refractivity contribution in [3.63, 3.8) is 0 Å². The maximum atomic E-state index is 5.47. The highest BCUT2D eigenvalue weighted by Crippen LogP contribution is 2.40. The van der Waals surface area contributed by atoms with Crippen LogP contribution in [0.3, 0.4) is 0 Å². The van der Waals surface area contributed by atoms with Crippen LogP contribution in [0, 0.1) is 0 Å². The highest BCUT2D eigenvalue weighted by atomic mass is 32.1. The van der Waals surface area contributed by atoms with E-state index < -0.39 is 0 Å². The van der Waals surface area contributed by atoms with Crippen molar-refractivity contribution < 1.29 is 9.47 Å². The van der Waals surface area contributed by atoms with E-state index in [4.69, 9.17) is 9.47 Å². The molecule has 0 N–H and O–H groups in total. The number of hydrogen-bond donors (Lipinski definition) is 0. The Kier molecular flexibility index (Phi) is 1.74. The van der Waals surface area contributed by atoms with Gasteiger partial charge in [0.15, 0.2) is 5.75 Å². The molecule has 0 aromatic carbocycles. The first kappa shape index (κ1) is 6.98. The van der Waals surface area contributed by atoms with Gasteiger partial charge in [-0.25, -0.2) is 0 Å². The quantitative estimate of drug-likeness (QED) is 0.642. The summed E-state index contributed by atoms with van der Waals surface area (Å²) < 4.78 is 10.9. The third-order valence-electron chi connectivity index (χ3n) is 1.73. The van der Waals surface area contributed by atoms with E-state index in [2.05, 4.69) is 12.3 Å². The van der Waals surface area contributed by atoms with E-state index in [1.54, 1.807) is 11.3 Å². The van der Waals surface area contributed by atoms with Crippen molar-refractivity contribution in [1.82, 2.24) is 0 Å². The zero-order valence-electron chi connectivity index (χ0n) is 6.42. The largest absolute Gasteiger partial charge is 0.485 e. The van der Waals surface area contributed by atoms with Crippen LogP contribution in [-0.4, -0.2) is 13.2 Å². The lowest BCUT2D eigenvalue weighted by Gasteiger charge is -2.15. The van der Waals surface area contributed by atoms with Crippen molar-refractivity contribution in [1.29, 1.82) is 0 Å². The fourth-order valence-electron chi connectivity index (χ4n) is 1.14. The third-order valence-corrected chi connectivity index (χ3v) is 2.65. The monoisotopic (exact) mass is 170 g/mol. The van der Waals surface area contributed by atoms with Crippen LogP contribution in [-0.2, 0) is 6.42 Å². The summed E-state index contributed by atoms with van der Waals surface area (Å²) in [5.41, 5.74) is 1.27. The maximum absolute atomic E-state index is 5.47. The van der Waals surface area contributed by atoms with Gasteiger partial charge in [0.05, 0.1) is 0 Å². The van der Waals surface area contributed by atoms with Gasteiger partial charge in [0.1, 0.15) is 13.2 Å². The summed E-state index contributed by atoms with van der Waals surface area (Å²) in [4.78, 5) is 0. The lowest BCUT2D eigenvalue weighted by atomic mass is 10.2. The second-order valence-corrected chi connectivity index (χ2v) is 3.27. The Morgan fingerprint density at radius 3 is 3.09 bits per heavy atom. The number of fused-ring (bicyclic) bond motifs is 1. The zero-order valence-corrected chi connectivity index (χ0v) is 7.24. The van der Waals surface area contributed by atoms with Gasteiger partial charge in [-0.3, -0.25) is 0 Å². The minimum Gasteiger partial charge on any atom is -0.485 e. The van der Waals surface area contributed by atoms with Crippen LogP contribution in [0.25, 0.3) is 0 Å². The summed E-state index contributed by atoms with van der Waals surface area (Å²) in [6, 6.07) is 0. The molecule has 0 amide bonds. The molecule has 1 aliphatic heterocycles. The van der Waals surface area contributed by atoms with Gasteiger partial charge >= 0.3 is 0 Å². The van der Waals surface area contributed by atoms with Crippen LogP contribution in [0.5, 0.6) is 10.8 Å². The Morgan fingerprint density at radius 2 is 2.27 bits per heavy atom. The van der Waals surface area contributed by atoms with Crippen molar-refractivity contribution in [2.45, 2.75) is 13.3 Å². The lowest BCUT2D eigenvalue weighted by molar-refractivity contribution is 0.176. The molecule has 2 nitrogen and oxygen atoms in total. The van der Waals surface area contributed by atoms with E-state index in [0.29, 0.717) is 13.2 Å². The van der Waals surface area contributed by atoms with Gasteiger partial charge < -0.3 is 9.47 Å². The molecule has 0 saturated heterocycles. The number of rotatable bonds is 1. The van der Waals surface area contributed by atoms with E-state index in [0.717, 1.165) is 17.2 Å². The number of thiophene rings is 1. The van der Waals surface area contributed by atoms with E-state index in [1.165, 1.54) is 5.56 Å².